The van der Waals surface area contributed by atoms with E-state index in [1.807, 2.05) is 0 Å². The Morgan fingerprint density at radius 1 is 1.17 bits per heavy atom. The van der Waals surface area contributed by atoms with Crippen molar-refractivity contribution < 1.29 is 18.7 Å². The highest BCUT2D eigenvalue weighted by atomic mass is 35.5. The smallest absolute Gasteiger partial charge is 0.220 e. The Balaban J connectivity index is 1.47. The molecule has 0 saturated carbocycles. The first kappa shape index (κ1) is 22.8. The summed E-state index contributed by atoms with van der Waals surface area (Å²) in [5.41, 5.74) is 0.970. The molecule has 162 valence electrons. The molecule has 0 bridgehead atoms. The number of amides is 1. The molecule has 1 fully saturated rings. The van der Waals surface area contributed by atoms with E-state index in [0.29, 0.717) is 55.0 Å². The highest BCUT2D eigenvalue weighted by molar-refractivity contribution is 6.42. The topological polar surface area (TPSA) is 50.8 Å². The van der Waals surface area contributed by atoms with E-state index in [9.17, 15) is 9.18 Å². The van der Waals surface area contributed by atoms with Gasteiger partial charge in [0, 0.05) is 26.1 Å². The summed E-state index contributed by atoms with van der Waals surface area (Å²) in [5.74, 6) is 0.174. The van der Waals surface area contributed by atoms with Gasteiger partial charge in [0.15, 0.2) is 0 Å². The maximum Gasteiger partial charge on any atom is 0.220 e. The summed E-state index contributed by atoms with van der Waals surface area (Å²) in [6.45, 7) is 3.65. The van der Waals surface area contributed by atoms with Crippen LogP contribution in [-0.4, -0.2) is 50.3 Å². The summed E-state index contributed by atoms with van der Waals surface area (Å²) >= 11 is 12.1. The second-order valence-electron chi connectivity index (χ2n) is 7.02. The van der Waals surface area contributed by atoms with Crippen LogP contribution in [0.3, 0.4) is 0 Å². The third-order valence-electron chi connectivity index (χ3n) is 4.96. The molecule has 30 heavy (non-hydrogen) atoms. The van der Waals surface area contributed by atoms with Crippen LogP contribution in [0.4, 0.5) is 4.39 Å². The van der Waals surface area contributed by atoms with E-state index in [1.54, 1.807) is 30.3 Å². The molecular formula is C22H25Cl2FN2O3. The number of carbonyl (C=O) groups excluding carboxylic acids is 1. The number of rotatable bonds is 9. The average Bonchev–Trinajstić information content (AvgIpc) is 2.76. The zero-order chi connectivity index (χ0) is 21.3. The second-order valence-corrected chi connectivity index (χ2v) is 7.81. The van der Waals surface area contributed by atoms with Gasteiger partial charge in [-0.25, -0.2) is 4.39 Å². The standard InChI is InChI=1S/C22H25Cl2FN2O3/c23-18-3-1-4-20(22(18)24)30-12-2-5-21(28)26-15-19(27-10-13-29-14-11-27)16-6-8-17(25)9-7-16/h1,3-4,6-9,19H,2,5,10-15H2,(H,26,28). The number of benzene rings is 2. The minimum atomic E-state index is -0.275. The third kappa shape index (κ3) is 6.57. The van der Waals surface area contributed by atoms with Crippen LogP contribution in [0.15, 0.2) is 42.5 Å². The number of hydrogen-bond donors (Lipinski definition) is 1. The van der Waals surface area contributed by atoms with E-state index in [0.717, 1.165) is 18.7 Å². The highest BCUT2D eigenvalue weighted by Gasteiger charge is 2.23. The van der Waals surface area contributed by atoms with Crippen LogP contribution in [0.25, 0.3) is 0 Å². The molecule has 1 saturated heterocycles. The van der Waals surface area contributed by atoms with E-state index < -0.39 is 0 Å². The SMILES string of the molecule is O=C(CCCOc1cccc(Cl)c1Cl)NCC(c1ccc(F)cc1)N1CCOCC1. The van der Waals surface area contributed by atoms with E-state index in [4.69, 9.17) is 32.7 Å². The van der Waals surface area contributed by atoms with Crippen LogP contribution >= 0.6 is 23.2 Å². The highest BCUT2D eigenvalue weighted by Crippen LogP contribution is 2.31. The number of nitrogens with one attached hydrogen (secondary N) is 1. The first-order valence-electron chi connectivity index (χ1n) is 9.95. The minimum Gasteiger partial charge on any atom is -0.492 e. The van der Waals surface area contributed by atoms with Gasteiger partial charge in [-0.2, -0.15) is 0 Å². The van der Waals surface area contributed by atoms with Gasteiger partial charge in [-0.1, -0.05) is 41.4 Å². The van der Waals surface area contributed by atoms with Crippen molar-refractivity contribution in [3.63, 3.8) is 0 Å². The van der Waals surface area contributed by atoms with E-state index in [1.165, 1.54) is 12.1 Å². The molecule has 1 aliphatic heterocycles. The predicted octanol–water partition coefficient (Wildman–Crippen LogP) is 4.48. The molecule has 2 aromatic rings. The summed E-state index contributed by atoms with van der Waals surface area (Å²) in [5, 5.41) is 3.80. The number of carbonyl (C=O) groups is 1. The number of hydrogen-bond acceptors (Lipinski definition) is 4. The maximum absolute atomic E-state index is 13.3. The molecule has 1 aliphatic rings. The van der Waals surface area contributed by atoms with Gasteiger partial charge in [0.2, 0.25) is 5.91 Å². The fourth-order valence-corrected chi connectivity index (χ4v) is 3.69. The van der Waals surface area contributed by atoms with Gasteiger partial charge in [-0.05, 0) is 36.2 Å². The van der Waals surface area contributed by atoms with Crippen molar-refractivity contribution in [2.75, 3.05) is 39.5 Å². The largest absolute Gasteiger partial charge is 0.492 e. The van der Waals surface area contributed by atoms with Gasteiger partial charge in [-0.3, -0.25) is 9.69 Å². The molecule has 8 heteroatoms. The van der Waals surface area contributed by atoms with Gasteiger partial charge in [0.1, 0.15) is 16.6 Å². The van der Waals surface area contributed by atoms with Crippen molar-refractivity contribution >= 4 is 29.1 Å². The Morgan fingerprint density at radius 3 is 2.63 bits per heavy atom. The number of ether oxygens (including phenoxy) is 2. The van der Waals surface area contributed by atoms with Crippen LogP contribution in [-0.2, 0) is 9.53 Å². The summed E-state index contributed by atoms with van der Waals surface area (Å²) in [6, 6.07) is 11.6. The summed E-state index contributed by atoms with van der Waals surface area (Å²) in [4.78, 5) is 14.6. The van der Waals surface area contributed by atoms with Gasteiger partial charge < -0.3 is 14.8 Å². The van der Waals surface area contributed by atoms with Crippen LogP contribution in [0.2, 0.25) is 10.0 Å². The van der Waals surface area contributed by atoms with E-state index in [-0.39, 0.29) is 17.8 Å². The third-order valence-corrected chi connectivity index (χ3v) is 5.76. The summed E-state index contributed by atoms with van der Waals surface area (Å²) in [6.07, 6.45) is 0.880. The van der Waals surface area contributed by atoms with Crippen molar-refractivity contribution in [2.24, 2.45) is 0 Å². The number of nitrogens with zero attached hydrogens (tertiary/aromatic N) is 1. The zero-order valence-corrected chi connectivity index (χ0v) is 18.1. The van der Waals surface area contributed by atoms with Crippen molar-refractivity contribution in [1.82, 2.24) is 10.2 Å². The van der Waals surface area contributed by atoms with Gasteiger partial charge in [0.25, 0.3) is 0 Å². The lowest BCUT2D eigenvalue weighted by Crippen LogP contribution is -2.43. The lowest BCUT2D eigenvalue weighted by Gasteiger charge is -2.35. The van der Waals surface area contributed by atoms with Crippen molar-refractivity contribution in [3.05, 3.63) is 63.9 Å². The van der Waals surface area contributed by atoms with Crippen LogP contribution in [0.5, 0.6) is 5.75 Å². The minimum absolute atomic E-state index is 0.0278. The lowest BCUT2D eigenvalue weighted by atomic mass is 10.0. The van der Waals surface area contributed by atoms with Gasteiger partial charge in [-0.15, -0.1) is 0 Å². The molecule has 0 spiro atoms. The Morgan fingerprint density at radius 2 is 1.90 bits per heavy atom. The van der Waals surface area contributed by atoms with Crippen molar-refractivity contribution in [3.8, 4) is 5.75 Å². The van der Waals surface area contributed by atoms with Crippen molar-refractivity contribution in [1.29, 1.82) is 0 Å². The molecule has 1 unspecified atom stereocenters. The second kappa shape index (κ2) is 11.5. The molecule has 1 atom stereocenters. The normalized spacial score (nSPS) is 15.6. The molecule has 1 amide bonds. The quantitative estimate of drug-likeness (QED) is 0.567. The zero-order valence-electron chi connectivity index (χ0n) is 16.6. The van der Waals surface area contributed by atoms with Crippen LogP contribution < -0.4 is 10.1 Å². The number of halogens is 3. The molecule has 0 aliphatic carbocycles. The van der Waals surface area contributed by atoms with Crippen molar-refractivity contribution in [2.45, 2.75) is 18.9 Å². The Hall–Kier alpha value is -1.86. The average molecular weight is 455 g/mol. The molecule has 3 rings (SSSR count). The lowest BCUT2D eigenvalue weighted by molar-refractivity contribution is -0.121. The molecule has 5 nitrogen and oxygen atoms in total. The first-order chi connectivity index (χ1) is 14.5. The molecule has 1 N–H and O–H groups in total. The first-order valence-corrected chi connectivity index (χ1v) is 10.7. The predicted molar refractivity (Wildman–Crippen MR) is 116 cm³/mol. The van der Waals surface area contributed by atoms with Crippen LogP contribution in [0.1, 0.15) is 24.4 Å². The Bertz CT molecular complexity index is 830. The van der Waals surface area contributed by atoms with Gasteiger partial charge in [0.05, 0.1) is 30.9 Å². The number of morpholine rings is 1. The maximum atomic E-state index is 13.3. The monoisotopic (exact) mass is 454 g/mol. The fourth-order valence-electron chi connectivity index (χ4n) is 3.34. The Labute approximate surface area is 186 Å². The molecule has 0 aromatic heterocycles. The summed E-state index contributed by atoms with van der Waals surface area (Å²) < 4.78 is 24.4. The van der Waals surface area contributed by atoms with Crippen LogP contribution in [0, 0.1) is 5.82 Å². The van der Waals surface area contributed by atoms with Gasteiger partial charge >= 0.3 is 0 Å². The fraction of sp³-hybridized carbons (Fsp3) is 0.409. The van der Waals surface area contributed by atoms with E-state index >= 15 is 0 Å². The molecule has 2 aromatic carbocycles. The summed E-state index contributed by atoms with van der Waals surface area (Å²) in [7, 11) is 0. The molecule has 0 radical (unpaired) electrons. The Kier molecular flexibility index (Phi) is 8.75. The molecule has 1 heterocycles. The van der Waals surface area contributed by atoms with E-state index in [2.05, 4.69) is 10.2 Å². The molecular weight excluding hydrogens is 430 g/mol.